The fourth-order valence-corrected chi connectivity index (χ4v) is 2.36. The number of pyridine rings is 2. The summed E-state index contributed by atoms with van der Waals surface area (Å²) >= 11 is 3.27. The molecule has 0 saturated heterocycles. The summed E-state index contributed by atoms with van der Waals surface area (Å²) in [4.78, 5) is 28.3. The number of halogens is 1. The van der Waals surface area contributed by atoms with E-state index in [0.717, 1.165) is 10.8 Å². The minimum absolute atomic E-state index is 0.125. The minimum Gasteiger partial charge on any atom is -0.508 e. The van der Waals surface area contributed by atoms with E-state index >= 15 is 0 Å². The Kier molecular flexibility index (Phi) is 10.1. The van der Waals surface area contributed by atoms with E-state index in [1.165, 1.54) is 12.1 Å². The summed E-state index contributed by atoms with van der Waals surface area (Å²) in [5.41, 5.74) is 1.09. The van der Waals surface area contributed by atoms with Crippen molar-refractivity contribution in [1.82, 2.24) is 9.97 Å². The highest BCUT2D eigenvalue weighted by Gasteiger charge is 1.97. The smallest absolute Gasteiger partial charge is 0.150 e. The fraction of sp³-hybridized carbons (Fsp3) is 0. The topological polar surface area (TPSA) is 89.4 Å². The first-order valence-electron chi connectivity index (χ1n) is 9.03. The average molecular weight is 479 g/mol. The number of carbonyl (C=O) groups excluding carboxylic acids is 2. The number of carbonyl (C=O) groups is 2. The van der Waals surface area contributed by atoms with Gasteiger partial charge in [0.05, 0.1) is 0 Å². The lowest BCUT2D eigenvalue weighted by Crippen LogP contribution is -1.86. The van der Waals surface area contributed by atoms with Crippen molar-refractivity contribution in [3.05, 3.63) is 113 Å². The number of nitrogens with zero attached hydrogens (tertiary/aromatic N) is 2. The number of aromatic hydroxyl groups is 1. The van der Waals surface area contributed by atoms with Crippen LogP contribution in [0.2, 0.25) is 0 Å². The van der Waals surface area contributed by atoms with Crippen molar-refractivity contribution in [3.63, 3.8) is 0 Å². The predicted octanol–water partition coefficient (Wildman–Crippen LogP) is 5.74. The molecule has 0 unspecified atom stereocenters. The lowest BCUT2D eigenvalue weighted by Gasteiger charge is -2.04. The van der Waals surface area contributed by atoms with Crippen molar-refractivity contribution in [2.75, 3.05) is 0 Å². The third-order valence-electron chi connectivity index (χ3n) is 3.53. The molecule has 0 atom stereocenters. The van der Waals surface area contributed by atoms with Gasteiger partial charge in [-0.15, -0.1) is 0 Å². The van der Waals surface area contributed by atoms with Gasteiger partial charge >= 0.3 is 0 Å². The number of benzene rings is 2. The first kappa shape index (κ1) is 23.4. The summed E-state index contributed by atoms with van der Waals surface area (Å²) in [5, 5.41) is 8.79. The van der Waals surface area contributed by atoms with E-state index < -0.39 is 0 Å². The number of aromatic nitrogens is 2. The summed E-state index contributed by atoms with van der Waals surface area (Å²) in [6.07, 6.45) is 8.27. The molecule has 4 rings (SSSR count). The van der Waals surface area contributed by atoms with Gasteiger partial charge in [0.15, 0.2) is 0 Å². The van der Waals surface area contributed by atoms with E-state index in [0.29, 0.717) is 28.9 Å². The second-order valence-electron chi connectivity index (χ2n) is 5.85. The van der Waals surface area contributed by atoms with Crippen LogP contribution in [0, 0.1) is 0 Å². The number of phenolic OH excluding ortho intramolecular Hbond substituents is 1. The molecule has 1 N–H and O–H groups in total. The highest BCUT2D eigenvalue weighted by atomic mass is 79.9. The van der Waals surface area contributed by atoms with E-state index in [-0.39, 0.29) is 5.75 Å². The summed E-state index contributed by atoms with van der Waals surface area (Å²) in [7, 11) is 0. The molecule has 0 aliphatic carbocycles. The molecule has 156 valence electrons. The van der Waals surface area contributed by atoms with Crippen molar-refractivity contribution in [2.45, 2.75) is 0 Å². The minimum atomic E-state index is 0.125. The zero-order valence-corrected chi connectivity index (χ0v) is 17.9. The third-order valence-corrected chi connectivity index (χ3v) is 4.05. The number of hydrogen-bond acceptors (Lipinski definition) is 6. The van der Waals surface area contributed by atoms with E-state index in [1.807, 2.05) is 12.1 Å². The Balaban J connectivity index is 0.000000181. The van der Waals surface area contributed by atoms with Gasteiger partial charge in [0.1, 0.15) is 29.8 Å². The molecule has 0 saturated carbocycles. The molecule has 0 aliphatic rings. The van der Waals surface area contributed by atoms with Crippen LogP contribution in [-0.4, -0.2) is 27.6 Å². The Morgan fingerprint density at radius 2 is 1.26 bits per heavy atom. The van der Waals surface area contributed by atoms with E-state index in [4.69, 9.17) is 9.84 Å². The highest BCUT2D eigenvalue weighted by Crippen LogP contribution is 2.20. The molecule has 7 heteroatoms. The normalized spacial score (nSPS) is 9.19. The standard InChI is InChI=1S/C12H9NO2.C7H6O2.C5H4BrN/c14-9-10-2-1-3-12(8-10)15-11-4-6-13-7-5-11;8-5-6-2-1-3-7(9)4-6;6-5-1-3-7-4-2-5/h1-9H;1-5,9H;1-4H. The molecule has 6 nitrogen and oxygen atoms in total. The van der Waals surface area contributed by atoms with E-state index in [1.54, 1.807) is 73.3 Å². The molecule has 0 spiro atoms. The molecule has 0 fully saturated rings. The molecule has 0 radical (unpaired) electrons. The molecular weight excluding hydrogens is 460 g/mol. The number of aldehydes is 2. The highest BCUT2D eigenvalue weighted by molar-refractivity contribution is 9.10. The largest absolute Gasteiger partial charge is 0.508 e. The Bertz CT molecular complexity index is 1080. The second kappa shape index (κ2) is 13.4. The number of hydrogen-bond donors (Lipinski definition) is 1. The lowest BCUT2D eigenvalue weighted by molar-refractivity contribution is 0.111. The molecule has 31 heavy (non-hydrogen) atoms. The van der Waals surface area contributed by atoms with Crippen molar-refractivity contribution >= 4 is 28.5 Å². The van der Waals surface area contributed by atoms with Crippen molar-refractivity contribution < 1.29 is 19.4 Å². The monoisotopic (exact) mass is 478 g/mol. The Labute approximate surface area is 188 Å². The zero-order chi connectivity index (χ0) is 22.3. The van der Waals surface area contributed by atoms with Crippen LogP contribution in [0.5, 0.6) is 17.2 Å². The van der Waals surface area contributed by atoms with Crippen LogP contribution in [0.4, 0.5) is 0 Å². The quantitative estimate of drug-likeness (QED) is 0.376. The number of rotatable bonds is 4. The van der Waals surface area contributed by atoms with Crippen LogP contribution in [0.25, 0.3) is 0 Å². The van der Waals surface area contributed by atoms with Gasteiger partial charge in [0.2, 0.25) is 0 Å². The van der Waals surface area contributed by atoms with Crippen molar-refractivity contribution in [1.29, 1.82) is 0 Å². The van der Waals surface area contributed by atoms with Crippen LogP contribution in [-0.2, 0) is 0 Å². The van der Waals surface area contributed by atoms with Crippen molar-refractivity contribution in [3.8, 4) is 17.2 Å². The summed E-state index contributed by atoms with van der Waals surface area (Å²) < 4.78 is 6.59. The molecule has 0 aliphatic heterocycles. The van der Waals surface area contributed by atoms with Gasteiger partial charge in [-0.2, -0.15) is 0 Å². The van der Waals surface area contributed by atoms with Crippen LogP contribution in [0.3, 0.4) is 0 Å². The van der Waals surface area contributed by atoms with Gasteiger partial charge in [-0.3, -0.25) is 19.6 Å². The lowest BCUT2D eigenvalue weighted by atomic mass is 10.2. The SMILES string of the molecule is Brc1ccncc1.O=Cc1cccc(O)c1.O=Cc1cccc(Oc2ccncc2)c1. The van der Waals surface area contributed by atoms with Gasteiger partial charge < -0.3 is 9.84 Å². The van der Waals surface area contributed by atoms with Crippen LogP contribution < -0.4 is 4.74 Å². The summed E-state index contributed by atoms with van der Waals surface area (Å²) in [6, 6.07) is 20.5. The fourth-order valence-electron chi connectivity index (χ4n) is 2.13. The van der Waals surface area contributed by atoms with Gasteiger partial charge in [0.25, 0.3) is 0 Å². The van der Waals surface area contributed by atoms with Crippen LogP contribution >= 0.6 is 15.9 Å². The molecule has 0 amide bonds. The number of ether oxygens (including phenoxy) is 1. The average Bonchev–Trinajstić information content (AvgIpc) is 2.81. The summed E-state index contributed by atoms with van der Waals surface area (Å²) in [6.45, 7) is 0. The molecule has 2 aromatic heterocycles. The van der Waals surface area contributed by atoms with Gasteiger partial charge in [-0.05, 0) is 48.5 Å². The molecule has 0 bridgehead atoms. The summed E-state index contributed by atoms with van der Waals surface area (Å²) in [5.74, 6) is 1.47. The molecular formula is C24H19BrN2O4. The Hall–Kier alpha value is -3.84. The van der Waals surface area contributed by atoms with Crippen molar-refractivity contribution in [2.24, 2.45) is 0 Å². The number of phenols is 1. The first-order valence-corrected chi connectivity index (χ1v) is 9.83. The molecule has 2 aromatic carbocycles. The zero-order valence-electron chi connectivity index (χ0n) is 16.3. The predicted molar refractivity (Wildman–Crippen MR) is 122 cm³/mol. The third kappa shape index (κ3) is 9.47. The van der Waals surface area contributed by atoms with E-state index in [2.05, 4.69) is 25.9 Å². The second-order valence-corrected chi connectivity index (χ2v) is 6.77. The molecule has 4 aromatic rings. The Morgan fingerprint density at radius 3 is 1.74 bits per heavy atom. The van der Waals surface area contributed by atoms with Crippen LogP contribution in [0.15, 0.2) is 102 Å². The maximum Gasteiger partial charge on any atom is 0.150 e. The van der Waals surface area contributed by atoms with Gasteiger partial charge in [-0.25, -0.2) is 0 Å². The first-order chi connectivity index (χ1) is 15.1. The Morgan fingerprint density at radius 1 is 0.710 bits per heavy atom. The molecule has 2 heterocycles. The van der Waals surface area contributed by atoms with E-state index in [9.17, 15) is 9.59 Å². The maximum absolute atomic E-state index is 10.5. The van der Waals surface area contributed by atoms with Gasteiger partial charge in [0, 0.05) is 40.4 Å². The van der Waals surface area contributed by atoms with Crippen LogP contribution in [0.1, 0.15) is 20.7 Å². The van der Waals surface area contributed by atoms with Gasteiger partial charge in [-0.1, -0.05) is 40.2 Å². The maximum atomic E-state index is 10.5.